The smallest absolute Gasteiger partial charge is 0.220 e. The van der Waals surface area contributed by atoms with Crippen LogP contribution in [0.1, 0.15) is 348 Å². The molecule has 492 valence electrons. The van der Waals surface area contributed by atoms with Gasteiger partial charge in [0.1, 0.15) is 0 Å². The molecule has 0 heterocycles. The van der Waals surface area contributed by atoms with Crippen LogP contribution >= 0.6 is 0 Å². The lowest BCUT2D eigenvalue weighted by atomic mass is 10.0. The Morgan fingerprint density at radius 1 is 0.291 bits per heavy atom. The van der Waals surface area contributed by atoms with E-state index in [0.717, 1.165) is 96.3 Å². The number of nitrogens with one attached hydrogen (secondary N) is 1. The molecule has 0 saturated carbocycles. The summed E-state index contributed by atoms with van der Waals surface area (Å²) in [6.45, 7) is 4.20. The molecule has 0 aliphatic heterocycles. The van der Waals surface area contributed by atoms with E-state index in [4.69, 9.17) is 0 Å². The number of carbonyl (C=O) groups excluding carboxylic acids is 1. The van der Waals surface area contributed by atoms with Crippen molar-refractivity contribution in [1.82, 2.24) is 5.32 Å². The number of allylic oxidation sites excluding steroid dienone is 23. The van der Waals surface area contributed by atoms with Gasteiger partial charge in [0.25, 0.3) is 0 Å². The largest absolute Gasteiger partial charge is 0.394 e. The predicted molar refractivity (Wildman–Crippen MR) is 386 cm³/mol. The number of rotatable bonds is 67. The average Bonchev–Trinajstić information content (AvgIpc) is 3.59. The number of carbonyl (C=O) groups is 1. The number of hydrogen-bond donors (Lipinski definition) is 3. The SMILES string of the molecule is CC/C=C\C/C=C\C/C=C\C/C=C\C/C=C\C/C=C\C/C=C\C/C=C\C/C=C\CCCCCCCCCCCCCCCC(=O)NC(CO)C(O)/C=C/CC/C=C/CC/C=C/CCCCCCCCCCCCCCCCCCCCCCCCC. The Bertz CT molecular complexity index is 1730. The molecule has 4 heteroatoms. The summed E-state index contributed by atoms with van der Waals surface area (Å²) < 4.78 is 0. The number of amides is 1. The Hall–Kier alpha value is -3.73. The summed E-state index contributed by atoms with van der Waals surface area (Å²) in [6, 6.07) is -0.657. The molecule has 0 aromatic rings. The highest BCUT2D eigenvalue weighted by Crippen LogP contribution is 2.18. The quantitative estimate of drug-likeness (QED) is 0.0420. The van der Waals surface area contributed by atoms with Gasteiger partial charge in [-0.3, -0.25) is 4.79 Å². The molecule has 0 radical (unpaired) electrons. The average molecular weight is 1190 g/mol. The van der Waals surface area contributed by atoms with Crippen molar-refractivity contribution in [3.8, 4) is 0 Å². The zero-order valence-electron chi connectivity index (χ0n) is 56.8. The van der Waals surface area contributed by atoms with E-state index < -0.39 is 12.1 Å². The van der Waals surface area contributed by atoms with Gasteiger partial charge in [0.15, 0.2) is 0 Å². The highest BCUT2D eigenvalue weighted by molar-refractivity contribution is 5.76. The minimum absolute atomic E-state index is 0.0812. The fourth-order valence-corrected chi connectivity index (χ4v) is 10.7. The van der Waals surface area contributed by atoms with Crippen LogP contribution in [0.5, 0.6) is 0 Å². The lowest BCUT2D eigenvalue weighted by Crippen LogP contribution is -2.45. The zero-order valence-corrected chi connectivity index (χ0v) is 56.8. The van der Waals surface area contributed by atoms with Crippen LogP contribution in [0, 0.1) is 0 Å². The van der Waals surface area contributed by atoms with Crippen molar-refractivity contribution in [2.45, 2.75) is 360 Å². The molecule has 0 aliphatic rings. The molecule has 4 nitrogen and oxygen atoms in total. The third kappa shape index (κ3) is 71.0. The van der Waals surface area contributed by atoms with Crippen LogP contribution in [0.2, 0.25) is 0 Å². The summed E-state index contributed by atoms with van der Waals surface area (Å²) in [7, 11) is 0. The summed E-state index contributed by atoms with van der Waals surface area (Å²) in [4.78, 5) is 12.6. The highest BCUT2D eigenvalue weighted by atomic mass is 16.3. The van der Waals surface area contributed by atoms with E-state index >= 15 is 0 Å². The molecule has 0 aromatic carbocycles. The van der Waals surface area contributed by atoms with Crippen molar-refractivity contribution in [1.29, 1.82) is 0 Å². The van der Waals surface area contributed by atoms with E-state index in [1.807, 2.05) is 6.08 Å². The van der Waals surface area contributed by atoms with E-state index in [-0.39, 0.29) is 12.5 Å². The van der Waals surface area contributed by atoms with Crippen molar-refractivity contribution < 1.29 is 15.0 Å². The van der Waals surface area contributed by atoms with Crippen molar-refractivity contribution in [3.05, 3.63) is 146 Å². The van der Waals surface area contributed by atoms with Crippen LogP contribution in [0.3, 0.4) is 0 Å². The van der Waals surface area contributed by atoms with Gasteiger partial charge in [0, 0.05) is 6.42 Å². The van der Waals surface area contributed by atoms with Crippen molar-refractivity contribution in [2.75, 3.05) is 6.61 Å². The van der Waals surface area contributed by atoms with E-state index in [1.165, 1.54) is 231 Å². The summed E-state index contributed by atoms with van der Waals surface area (Å²) in [5, 5.41) is 23.3. The fraction of sp³-hybridized carbons (Fsp3) is 0.695. The number of unbranched alkanes of at least 4 members (excludes halogenated alkanes) is 38. The van der Waals surface area contributed by atoms with Crippen LogP contribution in [-0.2, 0) is 4.79 Å². The first-order valence-corrected chi connectivity index (χ1v) is 37.0. The maximum Gasteiger partial charge on any atom is 0.220 e. The topological polar surface area (TPSA) is 69.6 Å². The molecule has 1 amide bonds. The Kier molecular flexibility index (Phi) is 72.2. The molecule has 0 bridgehead atoms. The lowest BCUT2D eigenvalue weighted by molar-refractivity contribution is -0.123. The Labute approximate surface area is 535 Å². The van der Waals surface area contributed by atoms with Crippen LogP contribution in [-0.4, -0.2) is 34.9 Å². The van der Waals surface area contributed by atoms with Crippen LogP contribution in [0.25, 0.3) is 0 Å². The fourth-order valence-electron chi connectivity index (χ4n) is 10.7. The maximum absolute atomic E-state index is 12.6. The Morgan fingerprint density at radius 3 is 0.814 bits per heavy atom. The van der Waals surface area contributed by atoms with Gasteiger partial charge in [-0.25, -0.2) is 0 Å². The van der Waals surface area contributed by atoms with E-state index in [2.05, 4.69) is 153 Å². The summed E-state index contributed by atoms with van der Waals surface area (Å²) >= 11 is 0. The second-order valence-electron chi connectivity index (χ2n) is 24.6. The zero-order chi connectivity index (χ0) is 61.9. The number of aliphatic hydroxyl groups excluding tert-OH is 2. The minimum Gasteiger partial charge on any atom is -0.394 e. The van der Waals surface area contributed by atoms with Gasteiger partial charge in [0.2, 0.25) is 5.91 Å². The highest BCUT2D eigenvalue weighted by Gasteiger charge is 2.18. The lowest BCUT2D eigenvalue weighted by Gasteiger charge is -2.19. The van der Waals surface area contributed by atoms with E-state index in [1.54, 1.807) is 6.08 Å². The molecule has 0 aromatic heterocycles. The Balaban J connectivity index is 3.57. The monoisotopic (exact) mass is 1190 g/mol. The van der Waals surface area contributed by atoms with Gasteiger partial charge in [0.05, 0.1) is 18.8 Å². The number of aliphatic hydroxyl groups is 2. The standard InChI is InChI=1S/C82H141NO3/c1-3-5-7-9-11-13-15-17-19-21-23-25-27-29-31-33-35-37-38-39-40-41-42-43-44-46-48-50-52-54-56-58-60-62-64-66-68-70-72-74-76-78-82(86)83-80(79-84)81(85)77-75-73-71-69-67-65-63-61-59-57-55-53-51-49-47-45-36-34-32-30-28-26-24-22-20-18-16-14-12-10-8-6-4-2/h5,7,11,13,17,19,23,25,29,31,35,37,39-40,42-43,46,48,59,61,67,69,75,77,80-81,84-85H,3-4,6,8-10,12,14-16,18,20-22,24,26-28,30,32-34,36,38,41,44-45,47,49-58,60,62-66,68,70-74,76,78-79H2,1-2H3,(H,83,86)/b7-5-,13-11-,19-17-,25-23-,31-29-,37-35-,40-39-,43-42-,48-46-,61-59+,69-67+,77-75+. The molecule has 0 fully saturated rings. The molecule has 0 rings (SSSR count). The third-order valence-electron chi connectivity index (χ3n) is 16.3. The second kappa shape index (κ2) is 75.5. The minimum atomic E-state index is -0.882. The molecule has 3 N–H and O–H groups in total. The molecular weight excluding hydrogens is 1050 g/mol. The van der Waals surface area contributed by atoms with E-state index in [9.17, 15) is 15.0 Å². The third-order valence-corrected chi connectivity index (χ3v) is 16.3. The van der Waals surface area contributed by atoms with Gasteiger partial charge in [-0.05, 0) is 116 Å². The molecule has 0 saturated heterocycles. The van der Waals surface area contributed by atoms with Gasteiger partial charge < -0.3 is 15.5 Å². The van der Waals surface area contributed by atoms with Crippen LogP contribution < -0.4 is 5.32 Å². The van der Waals surface area contributed by atoms with Crippen molar-refractivity contribution in [3.63, 3.8) is 0 Å². The normalized spacial score (nSPS) is 13.6. The first-order valence-electron chi connectivity index (χ1n) is 37.0. The van der Waals surface area contributed by atoms with Crippen molar-refractivity contribution >= 4 is 5.91 Å². The van der Waals surface area contributed by atoms with Gasteiger partial charge in [-0.15, -0.1) is 0 Å². The molecular formula is C82H141NO3. The summed E-state index contributed by atoms with van der Waals surface area (Å²) in [5.74, 6) is -0.0812. The first kappa shape index (κ1) is 82.3. The van der Waals surface area contributed by atoms with E-state index in [0.29, 0.717) is 6.42 Å². The van der Waals surface area contributed by atoms with Crippen LogP contribution in [0.15, 0.2) is 146 Å². The van der Waals surface area contributed by atoms with Crippen molar-refractivity contribution in [2.24, 2.45) is 0 Å². The molecule has 86 heavy (non-hydrogen) atoms. The summed E-state index contributed by atoms with van der Waals surface area (Å²) in [6.07, 6.45) is 118. The molecule has 0 spiro atoms. The maximum atomic E-state index is 12.6. The number of hydrogen-bond acceptors (Lipinski definition) is 3. The molecule has 0 aliphatic carbocycles. The first-order chi connectivity index (χ1) is 42.7. The molecule has 2 unspecified atom stereocenters. The predicted octanol–water partition coefficient (Wildman–Crippen LogP) is 25.8. The molecule has 2 atom stereocenters. The van der Waals surface area contributed by atoms with Gasteiger partial charge in [-0.1, -0.05) is 372 Å². The summed E-state index contributed by atoms with van der Waals surface area (Å²) in [5.41, 5.74) is 0. The van der Waals surface area contributed by atoms with Crippen LogP contribution in [0.4, 0.5) is 0 Å². The van der Waals surface area contributed by atoms with Gasteiger partial charge >= 0.3 is 0 Å². The second-order valence-corrected chi connectivity index (χ2v) is 24.6. The van der Waals surface area contributed by atoms with Gasteiger partial charge in [-0.2, -0.15) is 0 Å². The Morgan fingerprint density at radius 2 is 0.523 bits per heavy atom.